The lowest BCUT2D eigenvalue weighted by molar-refractivity contribution is 0.167. The van der Waals surface area contributed by atoms with Crippen molar-refractivity contribution in [1.29, 1.82) is 0 Å². The summed E-state index contributed by atoms with van der Waals surface area (Å²) in [6.45, 7) is 4.25. The molecular formula is C15H18BrN3O2. The van der Waals surface area contributed by atoms with E-state index in [0.717, 1.165) is 46.5 Å². The molecule has 2 aromatic rings. The number of benzene rings is 1. The van der Waals surface area contributed by atoms with E-state index >= 15 is 0 Å². The van der Waals surface area contributed by atoms with Crippen LogP contribution in [0.1, 0.15) is 12.1 Å². The fourth-order valence-corrected chi connectivity index (χ4v) is 2.90. The standard InChI is InChI=1S/C15H18BrN3O2/c1-9-12-5-11(16)6-13(14(12)19-15(17-2)18-9)21-8-10-3-4-20-7-10/h5-6,10H,3-4,7-8H2,1-2H3,(H,17,18,19). The fraction of sp³-hybridized carbons (Fsp3) is 0.467. The Morgan fingerprint density at radius 1 is 1.43 bits per heavy atom. The van der Waals surface area contributed by atoms with Crippen LogP contribution >= 0.6 is 15.9 Å². The van der Waals surface area contributed by atoms with Crippen molar-refractivity contribution in [3.05, 3.63) is 22.3 Å². The molecule has 0 aliphatic carbocycles. The molecule has 5 nitrogen and oxygen atoms in total. The molecule has 1 saturated heterocycles. The molecular weight excluding hydrogens is 334 g/mol. The number of rotatable bonds is 4. The summed E-state index contributed by atoms with van der Waals surface area (Å²) in [6, 6.07) is 3.99. The number of aryl methyl sites for hydroxylation is 1. The molecule has 1 aliphatic heterocycles. The van der Waals surface area contributed by atoms with Crippen molar-refractivity contribution in [3.8, 4) is 5.75 Å². The third-order valence-corrected chi connectivity index (χ3v) is 4.10. The molecule has 1 fully saturated rings. The Hall–Kier alpha value is -1.40. The van der Waals surface area contributed by atoms with Gasteiger partial charge in [-0.2, -0.15) is 0 Å². The Labute approximate surface area is 132 Å². The third kappa shape index (κ3) is 3.11. The molecule has 1 unspecified atom stereocenters. The second-order valence-electron chi connectivity index (χ2n) is 5.22. The number of aromatic nitrogens is 2. The van der Waals surface area contributed by atoms with Gasteiger partial charge in [0, 0.05) is 29.4 Å². The van der Waals surface area contributed by atoms with Crippen molar-refractivity contribution < 1.29 is 9.47 Å². The predicted molar refractivity (Wildman–Crippen MR) is 85.9 cm³/mol. The molecule has 1 aliphatic rings. The third-order valence-electron chi connectivity index (χ3n) is 3.64. The van der Waals surface area contributed by atoms with Crippen LogP contribution in [0, 0.1) is 12.8 Å². The molecule has 1 atom stereocenters. The number of ether oxygens (including phenoxy) is 2. The Kier molecular flexibility index (Phi) is 4.26. The van der Waals surface area contributed by atoms with Crippen LogP contribution in [0.25, 0.3) is 10.9 Å². The maximum Gasteiger partial charge on any atom is 0.223 e. The van der Waals surface area contributed by atoms with E-state index in [1.807, 2.05) is 26.1 Å². The highest BCUT2D eigenvalue weighted by Gasteiger charge is 2.18. The number of halogens is 1. The van der Waals surface area contributed by atoms with E-state index in [2.05, 4.69) is 31.2 Å². The molecule has 1 aromatic heterocycles. The zero-order valence-electron chi connectivity index (χ0n) is 12.1. The van der Waals surface area contributed by atoms with Gasteiger partial charge < -0.3 is 14.8 Å². The lowest BCUT2D eigenvalue weighted by atomic mass is 10.1. The molecule has 0 bridgehead atoms. The normalized spacial score (nSPS) is 18.1. The molecule has 1 N–H and O–H groups in total. The van der Waals surface area contributed by atoms with E-state index in [1.165, 1.54) is 0 Å². The van der Waals surface area contributed by atoms with Gasteiger partial charge in [-0.15, -0.1) is 0 Å². The lowest BCUT2D eigenvalue weighted by Crippen LogP contribution is -2.12. The monoisotopic (exact) mass is 351 g/mol. The summed E-state index contributed by atoms with van der Waals surface area (Å²) >= 11 is 3.53. The van der Waals surface area contributed by atoms with Crippen molar-refractivity contribution in [3.63, 3.8) is 0 Å². The lowest BCUT2D eigenvalue weighted by Gasteiger charge is -2.14. The topological polar surface area (TPSA) is 56.3 Å². The average Bonchev–Trinajstić information content (AvgIpc) is 2.98. The number of fused-ring (bicyclic) bond motifs is 1. The Bertz CT molecular complexity index is 657. The summed E-state index contributed by atoms with van der Waals surface area (Å²) in [5.41, 5.74) is 1.77. The zero-order chi connectivity index (χ0) is 14.8. The van der Waals surface area contributed by atoms with Crippen molar-refractivity contribution in [1.82, 2.24) is 9.97 Å². The van der Waals surface area contributed by atoms with Crippen LogP contribution in [-0.4, -0.2) is 36.8 Å². The molecule has 2 heterocycles. The fourth-order valence-electron chi connectivity index (χ4n) is 2.46. The van der Waals surface area contributed by atoms with Gasteiger partial charge in [0.15, 0.2) is 0 Å². The van der Waals surface area contributed by atoms with E-state index in [-0.39, 0.29) is 0 Å². The Morgan fingerprint density at radius 3 is 3.00 bits per heavy atom. The average molecular weight is 352 g/mol. The van der Waals surface area contributed by atoms with Gasteiger partial charge in [-0.05, 0) is 25.5 Å². The van der Waals surface area contributed by atoms with E-state index in [0.29, 0.717) is 18.5 Å². The minimum Gasteiger partial charge on any atom is -0.491 e. The van der Waals surface area contributed by atoms with Crippen LogP contribution in [0.5, 0.6) is 5.75 Å². The Morgan fingerprint density at radius 2 is 2.29 bits per heavy atom. The van der Waals surface area contributed by atoms with Crippen LogP contribution in [-0.2, 0) is 4.74 Å². The maximum atomic E-state index is 6.01. The highest BCUT2D eigenvalue weighted by atomic mass is 79.9. The zero-order valence-corrected chi connectivity index (χ0v) is 13.7. The van der Waals surface area contributed by atoms with Crippen molar-refractivity contribution in [2.24, 2.45) is 5.92 Å². The molecule has 0 spiro atoms. The van der Waals surface area contributed by atoms with Gasteiger partial charge in [0.25, 0.3) is 0 Å². The maximum absolute atomic E-state index is 6.01. The number of anilines is 1. The second-order valence-corrected chi connectivity index (χ2v) is 6.14. The molecule has 21 heavy (non-hydrogen) atoms. The van der Waals surface area contributed by atoms with Gasteiger partial charge >= 0.3 is 0 Å². The summed E-state index contributed by atoms with van der Waals surface area (Å²) in [5, 5.41) is 3.99. The highest BCUT2D eigenvalue weighted by Crippen LogP contribution is 2.31. The minimum absolute atomic E-state index is 0.464. The number of hydrogen-bond acceptors (Lipinski definition) is 5. The van der Waals surface area contributed by atoms with Gasteiger partial charge in [-0.3, -0.25) is 0 Å². The molecule has 0 radical (unpaired) electrons. The van der Waals surface area contributed by atoms with E-state index in [1.54, 1.807) is 0 Å². The number of hydrogen-bond donors (Lipinski definition) is 1. The Balaban J connectivity index is 1.96. The van der Waals surface area contributed by atoms with Gasteiger partial charge in [-0.25, -0.2) is 9.97 Å². The minimum atomic E-state index is 0.464. The van der Waals surface area contributed by atoms with Gasteiger partial charge in [0.1, 0.15) is 11.3 Å². The highest BCUT2D eigenvalue weighted by molar-refractivity contribution is 9.10. The van der Waals surface area contributed by atoms with Crippen LogP contribution in [0.3, 0.4) is 0 Å². The number of nitrogens with one attached hydrogen (secondary N) is 1. The molecule has 0 saturated carbocycles. The summed E-state index contributed by atoms with van der Waals surface area (Å²) in [6.07, 6.45) is 1.06. The second kappa shape index (κ2) is 6.15. The van der Waals surface area contributed by atoms with Gasteiger partial charge in [-0.1, -0.05) is 15.9 Å². The van der Waals surface area contributed by atoms with E-state index in [9.17, 15) is 0 Å². The first kappa shape index (κ1) is 14.5. The van der Waals surface area contributed by atoms with Crippen molar-refractivity contribution in [2.45, 2.75) is 13.3 Å². The summed E-state index contributed by atoms with van der Waals surface area (Å²) in [5.74, 6) is 1.86. The first-order chi connectivity index (χ1) is 10.2. The van der Waals surface area contributed by atoms with E-state index < -0.39 is 0 Å². The predicted octanol–water partition coefficient (Wildman–Crippen LogP) is 3.16. The van der Waals surface area contributed by atoms with Crippen LogP contribution in [0.2, 0.25) is 0 Å². The van der Waals surface area contributed by atoms with Crippen LogP contribution < -0.4 is 10.1 Å². The smallest absolute Gasteiger partial charge is 0.223 e. The SMILES string of the molecule is CNc1nc(C)c2cc(Br)cc(OCC3CCOC3)c2n1. The van der Waals surface area contributed by atoms with Crippen LogP contribution in [0.4, 0.5) is 5.95 Å². The first-order valence-electron chi connectivity index (χ1n) is 7.03. The quantitative estimate of drug-likeness (QED) is 0.916. The van der Waals surface area contributed by atoms with Gasteiger partial charge in [0.05, 0.1) is 18.9 Å². The summed E-state index contributed by atoms with van der Waals surface area (Å²) < 4.78 is 12.4. The molecule has 1 aromatic carbocycles. The van der Waals surface area contributed by atoms with Crippen molar-refractivity contribution >= 4 is 32.8 Å². The summed E-state index contributed by atoms with van der Waals surface area (Å²) in [7, 11) is 1.82. The van der Waals surface area contributed by atoms with Crippen molar-refractivity contribution in [2.75, 3.05) is 32.2 Å². The largest absolute Gasteiger partial charge is 0.491 e. The molecule has 6 heteroatoms. The summed E-state index contributed by atoms with van der Waals surface area (Å²) in [4.78, 5) is 8.96. The molecule has 3 rings (SSSR count). The van der Waals surface area contributed by atoms with Crippen LogP contribution in [0.15, 0.2) is 16.6 Å². The molecule has 0 amide bonds. The number of nitrogens with zero attached hydrogens (tertiary/aromatic N) is 2. The van der Waals surface area contributed by atoms with Gasteiger partial charge in [0.2, 0.25) is 5.95 Å². The molecule has 112 valence electrons. The van der Waals surface area contributed by atoms with E-state index in [4.69, 9.17) is 9.47 Å². The first-order valence-corrected chi connectivity index (χ1v) is 7.83.